The highest BCUT2D eigenvalue weighted by atomic mass is 16.2. The molecule has 0 atom stereocenters. The number of carbonyl (C=O) groups is 2. The summed E-state index contributed by atoms with van der Waals surface area (Å²) in [5.74, 6) is 0.0103. The molecule has 0 aromatic rings. The van der Waals surface area contributed by atoms with Crippen LogP contribution < -0.4 is 0 Å². The normalized spacial score (nSPS) is 18.9. The predicted octanol–water partition coefficient (Wildman–Crippen LogP) is 2.35. The molecule has 15 heavy (non-hydrogen) atoms. The molecule has 0 aromatic carbocycles. The van der Waals surface area contributed by atoms with Crippen molar-refractivity contribution in [1.29, 1.82) is 0 Å². The Morgan fingerprint density at radius 3 is 2.53 bits per heavy atom. The largest absolute Gasteiger partial charge is 0.283 e. The van der Waals surface area contributed by atoms with E-state index in [4.69, 9.17) is 0 Å². The Morgan fingerprint density at radius 1 is 1.27 bits per heavy atom. The minimum Gasteiger partial charge on any atom is -0.283 e. The average Bonchev–Trinajstić information content (AvgIpc) is 2.26. The number of amides is 2. The molecule has 1 aliphatic heterocycles. The number of hydrogen-bond acceptors (Lipinski definition) is 2. The Labute approximate surface area is 91.8 Å². The quantitative estimate of drug-likeness (QED) is 0.667. The Kier molecular flexibility index (Phi) is 3.89. The van der Waals surface area contributed by atoms with Gasteiger partial charge in [-0.2, -0.15) is 0 Å². The highest BCUT2D eigenvalue weighted by molar-refractivity contribution is 5.95. The van der Waals surface area contributed by atoms with Crippen LogP contribution in [0.15, 0.2) is 0 Å². The molecule has 0 N–H and O–H groups in total. The summed E-state index contributed by atoms with van der Waals surface area (Å²) in [6.45, 7) is 6.68. The molecule has 3 nitrogen and oxygen atoms in total. The van der Waals surface area contributed by atoms with Crippen LogP contribution in [0.4, 0.5) is 0 Å². The van der Waals surface area contributed by atoms with E-state index in [1.165, 1.54) is 4.90 Å². The van der Waals surface area contributed by atoms with Crippen LogP contribution >= 0.6 is 0 Å². The summed E-state index contributed by atoms with van der Waals surface area (Å²) in [5, 5.41) is 0. The molecular weight excluding hydrogens is 190 g/mol. The highest BCUT2D eigenvalue weighted by Gasteiger charge is 2.26. The molecule has 0 unspecified atom stereocenters. The van der Waals surface area contributed by atoms with Gasteiger partial charge in [-0.05, 0) is 18.3 Å². The Hall–Kier alpha value is -0.860. The maximum absolute atomic E-state index is 11.9. The number of rotatable bonds is 1. The van der Waals surface area contributed by atoms with Crippen molar-refractivity contribution in [3.8, 4) is 0 Å². The van der Waals surface area contributed by atoms with Crippen molar-refractivity contribution in [3.05, 3.63) is 0 Å². The van der Waals surface area contributed by atoms with Crippen LogP contribution in [-0.2, 0) is 9.59 Å². The maximum Gasteiger partial charge on any atom is 0.229 e. The predicted molar refractivity (Wildman–Crippen MR) is 59.3 cm³/mol. The van der Waals surface area contributed by atoms with Crippen LogP contribution in [0.3, 0.4) is 0 Å². The summed E-state index contributed by atoms with van der Waals surface area (Å²) >= 11 is 0. The standard InChI is InChI=1S/C12H21NO2/c1-12(2,3)9-11(15)13-8-6-4-5-7-10(13)14/h4-9H2,1-3H3. The third-order valence-electron chi connectivity index (χ3n) is 2.56. The van der Waals surface area contributed by atoms with Gasteiger partial charge in [0.05, 0.1) is 0 Å². The first kappa shape index (κ1) is 12.2. The average molecular weight is 211 g/mol. The third-order valence-corrected chi connectivity index (χ3v) is 2.56. The fourth-order valence-electron chi connectivity index (χ4n) is 1.80. The monoisotopic (exact) mass is 211 g/mol. The first-order chi connectivity index (χ1) is 6.90. The van der Waals surface area contributed by atoms with Crippen molar-refractivity contribution < 1.29 is 9.59 Å². The lowest BCUT2D eigenvalue weighted by Gasteiger charge is -2.23. The lowest BCUT2D eigenvalue weighted by Crippen LogP contribution is -2.38. The van der Waals surface area contributed by atoms with Gasteiger partial charge in [0.2, 0.25) is 11.8 Å². The van der Waals surface area contributed by atoms with Crippen molar-refractivity contribution >= 4 is 11.8 Å². The smallest absolute Gasteiger partial charge is 0.229 e. The first-order valence-corrected chi connectivity index (χ1v) is 5.73. The van der Waals surface area contributed by atoms with Crippen molar-refractivity contribution in [2.24, 2.45) is 5.41 Å². The third kappa shape index (κ3) is 4.02. The van der Waals surface area contributed by atoms with E-state index >= 15 is 0 Å². The molecule has 1 rings (SSSR count). The van der Waals surface area contributed by atoms with Gasteiger partial charge in [0.15, 0.2) is 0 Å². The Balaban J connectivity index is 2.60. The van der Waals surface area contributed by atoms with Gasteiger partial charge in [-0.1, -0.05) is 27.2 Å². The topological polar surface area (TPSA) is 37.4 Å². The summed E-state index contributed by atoms with van der Waals surface area (Å²) in [6, 6.07) is 0. The van der Waals surface area contributed by atoms with Crippen LogP contribution in [-0.4, -0.2) is 23.3 Å². The zero-order chi connectivity index (χ0) is 11.5. The summed E-state index contributed by atoms with van der Waals surface area (Å²) in [7, 11) is 0. The van der Waals surface area contributed by atoms with E-state index in [0.717, 1.165) is 19.3 Å². The second kappa shape index (κ2) is 4.77. The summed E-state index contributed by atoms with van der Waals surface area (Å²) < 4.78 is 0. The van der Waals surface area contributed by atoms with E-state index in [2.05, 4.69) is 0 Å². The molecule has 0 aliphatic carbocycles. The fraction of sp³-hybridized carbons (Fsp3) is 0.833. The molecule has 0 aromatic heterocycles. The molecule has 0 spiro atoms. The Bertz CT molecular complexity index is 253. The first-order valence-electron chi connectivity index (χ1n) is 5.73. The summed E-state index contributed by atoms with van der Waals surface area (Å²) in [4.78, 5) is 25.0. The van der Waals surface area contributed by atoms with E-state index in [0.29, 0.717) is 19.4 Å². The minimum atomic E-state index is -0.0380. The molecular formula is C12H21NO2. The fourth-order valence-corrected chi connectivity index (χ4v) is 1.80. The molecule has 1 fully saturated rings. The number of carbonyl (C=O) groups excluding carboxylic acids is 2. The highest BCUT2D eigenvalue weighted by Crippen LogP contribution is 2.21. The van der Waals surface area contributed by atoms with Gasteiger partial charge in [-0.25, -0.2) is 0 Å². The summed E-state index contributed by atoms with van der Waals surface area (Å²) in [5.41, 5.74) is -0.0380. The van der Waals surface area contributed by atoms with E-state index in [9.17, 15) is 9.59 Å². The van der Waals surface area contributed by atoms with Gasteiger partial charge in [-0.3, -0.25) is 14.5 Å². The number of nitrogens with zero attached hydrogens (tertiary/aromatic N) is 1. The van der Waals surface area contributed by atoms with Crippen LogP contribution in [0.25, 0.3) is 0 Å². The zero-order valence-electron chi connectivity index (χ0n) is 10.0. The van der Waals surface area contributed by atoms with Gasteiger partial charge >= 0.3 is 0 Å². The van der Waals surface area contributed by atoms with Crippen molar-refractivity contribution in [2.75, 3.05) is 6.54 Å². The second-order valence-corrected chi connectivity index (χ2v) is 5.49. The SMILES string of the molecule is CC(C)(C)CC(=O)N1CCCCCC1=O. The molecule has 3 heteroatoms. The van der Waals surface area contributed by atoms with Crippen LogP contribution in [0.2, 0.25) is 0 Å². The lowest BCUT2D eigenvalue weighted by molar-refractivity contribution is -0.145. The van der Waals surface area contributed by atoms with E-state index < -0.39 is 0 Å². The number of likely N-dealkylation sites (tertiary alicyclic amines) is 1. The molecule has 0 saturated carbocycles. The number of hydrogen-bond donors (Lipinski definition) is 0. The van der Waals surface area contributed by atoms with Gasteiger partial charge < -0.3 is 0 Å². The van der Waals surface area contributed by atoms with Crippen LogP contribution in [0.5, 0.6) is 0 Å². The lowest BCUT2D eigenvalue weighted by atomic mass is 9.91. The van der Waals surface area contributed by atoms with Gasteiger partial charge in [-0.15, -0.1) is 0 Å². The molecule has 86 valence electrons. The van der Waals surface area contributed by atoms with E-state index in [1.807, 2.05) is 20.8 Å². The maximum atomic E-state index is 11.9. The van der Waals surface area contributed by atoms with E-state index in [1.54, 1.807) is 0 Å². The molecule has 1 aliphatic rings. The molecule has 2 amide bonds. The Morgan fingerprint density at radius 2 is 1.93 bits per heavy atom. The van der Waals surface area contributed by atoms with Gasteiger partial charge in [0.1, 0.15) is 0 Å². The van der Waals surface area contributed by atoms with Gasteiger partial charge in [0, 0.05) is 19.4 Å². The molecule has 1 saturated heterocycles. The van der Waals surface area contributed by atoms with Crippen molar-refractivity contribution in [3.63, 3.8) is 0 Å². The van der Waals surface area contributed by atoms with E-state index in [-0.39, 0.29) is 17.2 Å². The molecule has 1 heterocycles. The van der Waals surface area contributed by atoms with Crippen molar-refractivity contribution in [2.45, 2.75) is 52.9 Å². The van der Waals surface area contributed by atoms with Crippen LogP contribution in [0.1, 0.15) is 52.9 Å². The van der Waals surface area contributed by atoms with Gasteiger partial charge in [0.25, 0.3) is 0 Å². The second-order valence-electron chi connectivity index (χ2n) is 5.49. The number of imide groups is 1. The minimum absolute atomic E-state index is 0.00519. The summed E-state index contributed by atoms with van der Waals surface area (Å²) in [6.07, 6.45) is 3.94. The zero-order valence-corrected chi connectivity index (χ0v) is 10.0. The van der Waals surface area contributed by atoms with Crippen molar-refractivity contribution in [1.82, 2.24) is 4.90 Å². The molecule has 0 bridgehead atoms. The molecule has 0 radical (unpaired) electrons. The van der Waals surface area contributed by atoms with Crippen LogP contribution in [0, 0.1) is 5.41 Å².